The Bertz CT molecular complexity index is 355. The normalized spacial score (nSPS) is 11.2. The molecule has 0 aromatic heterocycles. The zero-order valence-electron chi connectivity index (χ0n) is 10.8. The largest absolute Gasteiger partial charge is 0.383 e. The van der Waals surface area contributed by atoms with Crippen LogP contribution in [0.25, 0.3) is 0 Å². The molecular formula is C13H19BrFNO2. The predicted octanol–water partition coefficient (Wildman–Crippen LogP) is 2.68. The van der Waals surface area contributed by atoms with Gasteiger partial charge in [0.05, 0.1) is 17.7 Å². The molecule has 3 nitrogen and oxygen atoms in total. The maximum Gasteiger partial charge on any atom is 0.137 e. The summed E-state index contributed by atoms with van der Waals surface area (Å²) in [6.07, 6.45) is 0. The maximum atomic E-state index is 13.1. The summed E-state index contributed by atoms with van der Waals surface area (Å²) in [5.74, 6) is -0.237. The van der Waals surface area contributed by atoms with Gasteiger partial charge >= 0.3 is 0 Å². The molecule has 0 bridgehead atoms. The second kappa shape index (κ2) is 8.58. The van der Waals surface area contributed by atoms with Gasteiger partial charge in [0.1, 0.15) is 5.82 Å². The summed E-state index contributed by atoms with van der Waals surface area (Å²) >= 11 is 3.20. The molecule has 0 heterocycles. The van der Waals surface area contributed by atoms with Crippen LogP contribution in [-0.2, 0) is 16.0 Å². The summed E-state index contributed by atoms with van der Waals surface area (Å²) in [4.78, 5) is 2.21. The summed E-state index contributed by atoms with van der Waals surface area (Å²) in [5.41, 5.74) is 1.07. The molecule has 1 aromatic rings. The van der Waals surface area contributed by atoms with E-state index < -0.39 is 0 Å². The molecule has 0 atom stereocenters. The lowest BCUT2D eigenvalue weighted by molar-refractivity contribution is 0.110. The SMILES string of the molecule is COCCN(CCOC)Cc1ccc(F)c(Br)c1. The van der Waals surface area contributed by atoms with E-state index in [0.717, 1.165) is 25.2 Å². The Hall–Kier alpha value is -0.490. The highest BCUT2D eigenvalue weighted by Gasteiger charge is 2.07. The molecule has 1 rings (SSSR count). The topological polar surface area (TPSA) is 21.7 Å². The van der Waals surface area contributed by atoms with Gasteiger partial charge in [0.25, 0.3) is 0 Å². The standard InChI is InChI=1S/C13H19BrFNO2/c1-17-7-5-16(6-8-18-2)10-11-3-4-13(15)12(14)9-11/h3-4,9H,5-8,10H2,1-2H3. The third-order valence-corrected chi connectivity index (χ3v) is 3.22. The van der Waals surface area contributed by atoms with Crippen LogP contribution in [0.3, 0.4) is 0 Å². The first-order chi connectivity index (χ1) is 8.67. The van der Waals surface area contributed by atoms with Crippen molar-refractivity contribution in [3.8, 4) is 0 Å². The molecule has 0 aliphatic rings. The number of hydrogen-bond donors (Lipinski definition) is 0. The fraction of sp³-hybridized carbons (Fsp3) is 0.538. The van der Waals surface area contributed by atoms with Crippen molar-refractivity contribution in [1.82, 2.24) is 4.90 Å². The predicted molar refractivity (Wildman–Crippen MR) is 73.1 cm³/mol. The fourth-order valence-electron chi connectivity index (χ4n) is 1.61. The second-order valence-electron chi connectivity index (χ2n) is 4.01. The molecule has 0 unspecified atom stereocenters. The Labute approximate surface area is 116 Å². The van der Waals surface area contributed by atoms with Crippen molar-refractivity contribution in [3.05, 3.63) is 34.1 Å². The first kappa shape index (κ1) is 15.6. The van der Waals surface area contributed by atoms with Gasteiger partial charge in [-0.05, 0) is 33.6 Å². The molecule has 0 saturated heterocycles. The van der Waals surface area contributed by atoms with Crippen molar-refractivity contribution in [3.63, 3.8) is 0 Å². The van der Waals surface area contributed by atoms with Crippen LogP contribution in [0.1, 0.15) is 5.56 Å². The number of methoxy groups -OCH3 is 2. The third-order valence-electron chi connectivity index (χ3n) is 2.61. The van der Waals surface area contributed by atoms with Gasteiger partial charge in [0.2, 0.25) is 0 Å². The minimum absolute atomic E-state index is 0.237. The van der Waals surface area contributed by atoms with E-state index >= 15 is 0 Å². The van der Waals surface area contributed by atoms with Gasteiger partial charge in [-0.2, -0.15) is 0 Å². The van der Waals surface area contributed by atoms with E-state index in [1.165, 1.54) is 6.07 Å². The lowest BCUT2D eigenvalue weighted by Crippen LogP contribution is -2.30. The molecule has 102 valence electrons. The molecule has 0 aliphatic carbocycles. The molecule has 0 N–H and O–H groups in total. The van der Waals surface area contributed by atoms with E-state index in [9.17, 15) is 4.39 Å². The van der Waals surface area contributed by atoms with E-state index in [2.05, 4.69) is 20.8 Å². The van der Waals surface area contributed by atoms with Crippen LogP contribution >= 0.6 is 15.9 Å². The summed E-state index contributed by atoms with van der Waals surface area (Å²) in [5, 5.41) is 0. The number of ether oxygens (including phenoxy) is 2. The lowest BCUT2D eigenvalue weighted by atomic mass is 10.2. The van der Waals surface area contributed by atoms with E-state index in [-0.39, 0.29) is 5.82 Å². The average molecular weight is 320 g/mol. The summed E-state index contributed by atoms with van der Waals surface area (Å²) in [6, 6.07) is 5.08. The molecule has 0 amide bonds. The third kappa shape index (κ3) is 5.44. The minimum Gasteiger partial charge on any atom is -0.383 e. The van der Waals surface area contributed by atoms with Crippen molar-refractivity contribution >= 4 is 15.9 Å². The van der Waals surface area contributed by atoms with Gasteiger partial charge in [-0.1, -0.05) is 6.07 Å². The number of benzene rings is 1. The molecule has 0 radical (unpaired) electrons. The van der Waals surface area contributed by atoms with E-state index in [1.807, 2.05) is 6.07 Å². The molecule has 0 spiro atoms. The Kier molecular flexibility index (Phi) is 7.42. The van der Waals surface area contributed by atoms with Gasteiger partial charge in [0.15, 0.2) is 0 Å². The Morgan fingerprint density at radius 3 is 2.28 bits per heavy atom. The van der Waals surface area contributed by atoms with E-state index in [1.54, 1.807) is 20.3 Å². The van der Waals surface area contributed by atoms with Gasteiger partial charge in [-0.3, -0.25) is 4.90 Å². The molecule has 1 aromatic carbocycles. The highest BCUT2D eigenvalue weighted by atomic mass is 79.9. The number of rotatable bonds is 8. The van der Waals surface area contributed by atoms with Crippen LogP contribution in [-0.4, -0.2) is 45.4 Å². The quantitative estimate of drug-likeness (QED) is 0.735. The first-order valence-corrected chi connectivity index (χ1v) is 6.61. The van der Waals surface area contributed by atoms with Gasteiger partial charge in [-0.25, -0.2) is 4.39 Å². The van der Waals surface area contributed by atoms with E-state index in [0.29, 0.717) is 17.7 Å². The smallest absolute Gasteiger partial charge is 0.137 e. The number of hydrogen-bond acceptors (Lipinski definition) is 3. The Morgan fingerprint density at radius 1 is 1.17 bits per heavy atom. The zero-order valence-corrected chi connectivity index (χ0v) is 12.4. The van der Waals surface area contributed by atoms with Crippen molar-refractivity contribution in [2.45, 2.75) is 6.54 Å². The van der Waals surface area contributed by atoms with Crippen LogP contribution in [0, 0.1) is 5.82 Å². The van der Waals surface area contributed by atoms with E-state index in [4.69, 9.17) is 9.47 Å². The zero-order chi connectivity index (χ0) is 13.4. The Morgan fingerprint density at radius 2 is 1.78 bits per heavy atom. The van der Waals surface area contributed by atoms with Crippen molar-refractivity contribution in [1.29, 1.82) is 0 Å². The molecule has 0 saturated carbocycles. The molecule has 18 heavy (non-hydrogen) atoms. The second-order valence-corrected chi connectivity index (χ2v) is 4.86. The highest BCUT2D eigenvalue weighted by Crippen LogP contribution is 2.17. The Balaban J connectivity index is 2.59. The fourth-order valence-corrected chi connectivity index (χ4v) is 2.03. The van der Waals surface area contributed by atoms with Crippen LogP contribution in [0.15, 0.2) is 22.7 Å². The number of halogens is 2. The lowest BCUT2D eigenvalue weighted by Gasteiger charge is -2.21. The number of nitrogens with zero attached hydrogens (tertiary/aromatic N) is 1. The average Bonchev–Trinajstić information content (AvgIpc) is 2.37. The summed E-state index contributed by atoms with van der Waals surface area (Å²) in [7, 11) is 3.37. The van der Waals surface area contributed by atoms with Crippen LogP contribution < -0.4 is 0 Å². The molecule has 0 fully saturated rings. The van der Waals surface area contributed by atoms with Crippen molar-refractivity contribution < 1.29 is 13.9 Å². The van der Waals surface area contributed by atoms with Crippen molar-refractivity contribution in [2.75, 3.05) is 40.5 Å². The van der Waals surface area contributed by atoms with Crippen LogP contribution in [0.5, 0.6) is 0 Å². The van der Waals surface area contributed by atoms with Crippen molar-refractivity contribution in [2.24, 2.45) is 0 Å². The summed E-state index contributed by atoms with van der Waals surface area (Å²) in [6.45, 7) is 3.76. The first-order valence-electron chi connectivity index (χ1n) is 5.81. The summed E-state index contributed by atoms with van der Waals surface area (Å²) < 4.78 is 23.8. The molecule has 5 heteroatoms. The van der Waals surface area contributed by atoms with Crippen LogP contribution in [0.4, 0.5) is 4.39 Å². The molecular weight excluding hydrogens is 301 g/mol. The highest BCUT2D eigenvalue weighted by molar-refractivity contribution is 9.10. The van der Waals surface area contributed by atoms with Gasteiger partial charge in [0, 0.05) is 33.9 Å². The molecule has 0 aliphatic heterocycles. The van der Waals surface area contributed by atoms with Crippen LogP contribution in [0.2, 0.25) is 0 Å². The van der Waals surface area contributed by atoms with Gasteiger partial charge < -0.3 is 9.47 Å². The monoisotopic (exact) mass is 319 g/mol. The maximum absolute atomic E-state index is 13.1. The van der Waals surface area contributed by atoms with Gasteiger partial charge in [-0.15, -0.1) is 0 Å². The minimum atomic E-state index is -0.237.